The number of rotatable bonds is 5. The van der Waals surface area contributed by atoms with E-state index in [0.717, 1.165) is 11.4 Å². The number of ketones is 1. The minimum Gasteiger partial charge on any atom is -0.378 e. The summed E-state index contributed by atoms with van der Waals surface area (Å²) in [5.74, 6) is 0.0464. The van der Waals surface area contributed by atoms with E-state index in [2.05, 4.69) is 34.1 Å². The maximum atomic E-state index is 12.5. The van der Waals surface area contributed by atoms with Gasteiger partial charge < -0.3 is 9.80 Å². The molecule has 3 nitrogen and oxygen atoms in total. The lowest BCUT2D eigenvalue weighted by Crippen LogP contribution is -2.11. The van der Waals surface area contributed by atoms with Crippen LogP contribution in [0.25, 0.3) is 0 Å². The molecule has 0 N–H and O–H groups in total. The van der Waals surface area contributed by atoms with Gasteiger partial charge in [-0.15, -0.1) is 0 Å². The largest absolute Gasteiger partial charge is 0.378 e. The molecule has 0 aliphatic rings. The van der Waals surface area contributed by atoms with Gasteiger partial charge in [-0.2, -0.15) is 0 Å². The van der Waals surface area contributed by atoms with Gasteiger partial charge in [-0.25, -0.2) is 0 Å². The van der Waals surface area contributed by atoms with Crippen LogP contribution >= 0.6 is 0 Å². The van der Waals surface area contributed by atoms with Crippen molar-refractivity contribution in [1.82, 2.24) is 0 Å². The highest BCUT2D eigenvalue weighted by molar-refractivity contribution is 6.09. The lowest BCUT2D eigenvalue weighted by Gasteiger charge is -2.21. The molecule has 0 saturated heterocycles. The van der Waals surface area contributed by atoms with Crippen molar-refractivity contribution in [3.05, 3.63) is 90.0 Å². The summed E-state index contributed by atoms with van der Waals surface area (Å²) < 4.78 is 0. The molecule has 3 heteroatoms. The van der Waals surface area contributed by atoms with Gasteiger partial charge in [0, 0.05) is 49.3 Å². The Morgan fingerprint density at radius 1 is 0.600 bits per heavy atom. The lowest BCUT2D eigenvalue weighted by molar-refractivity contribution is 0.103. The summed E-state index contributed by atoms with van der Waals surface area (Å²) in [6.45, 7) is 0. The smallest absolute Gasteiger partial charge is 0.193 e. The normalized spacial score (nSPS) is 10.4. The number of hydrogen-bond donors (Lipinski definition) is 0. The summed E-state index contributed by atoms with van der Waals surface area (Å²) in [7, 11) is 6.08. The van der Waals surface area contributed by atoms with Crippen molar-refractivity contribution >= 4 is 22.8 Å². The molecule has 0 amide bonds. The fourth-order valence-corrected chi connectivity index (χ4v) is 2.72. The van der Waals surface area contributed by atoms with Crippen molar-refractivity contribution in [2.75, 3.05) is 30.9 Å². The third-order valence-corrected chi connectivity index (χ3v) is 4.31. The number of carbonyl (C=O) groups is 1. The Morgan fingerprint density at radius 3 is 1.56 bits per heavy atom. The van der Waals surface area contributed by atoms with Crippen LogP contribution in [0.1, 0.15) is 15.9 Å². The molecule has 0 spiro atoms. The molecule has 3 rings (SSSR count). The average Bonchev–Trinajstić information content (AvgIpc) is 2.67. The van der Waals surface area contributed by atoms with Crippen molar-refractivity contribution in [2.24, 2.45) is 0 Å². The molecule has 0 fully saturated rings. The number of carbonyl (C=O) groups excluding carboxylic acids is 1. The van der Waals surface area contributed by atoms with Crippen LogP contribution in [0.3, 0.4) is 0 Å². The van der Waals surface area contributed by atoms with E-state index in [1.165, 1.54) is 5.69 Å². The maximum Gasteiger partial charge on any atom is 0.193 e. The quantitative estimate of drug-likeness (QED) is 0.631. The first-order chi connectivity index (χ1) is 12.1. The zero-order valence-corrected chi connectivity index (χ0v) is 14.8. The first kappa shape index (κ1) is 16.8. The predicted octanol–water partition coefficient (Wildman–Crippen LogP) is 4.75. The van der Waals surface area contributed by atoms with Gasteiger partial charge in [0.25, 0.3) is 0 Å². The highest BCUT2D eigenvalue weighted by Crippen LogP contribution is 2.26. The topological polar surface area (TPSA) is 23.6 Å². The fourth-order valence-electron chi connectivity index (χ4n) is 2.72. The Balaban J connectivity index is 1.78. The third-order valence-electron chi connectivity index (χ3n) is 4.31. The molecule has 25 heavy (non-hydrogen) atoms. The van der Waals surface area contributed by atoms with Crippen LogP contribution in [0.15, 0.2) is 78.9 Å². The monoisotopic (exact) mass is 330 g/mol. The lowest BCUT2D eigenvalue weighted by atomic mass is 10.0. The molecular weight excluding hydrogens is 308 g/mol. The average molecular weight is 330 g/mol. The van der Waals surface area contributed by atoms with Crippen molar-refractivity contribution < 1.29 is 4.79 Å². The van der Waals surface area contributed by atoms with Gasteiger partial charge in [-0.1, -0.05) is 30.3 Å². The summed E-state index contributed by atoms with van der Waals surface area (Å²) in [5, 5.41) is 0. The van der Waals surface area contributed by atoms with E-state index in [4.69, 9.17) is 0 Å². The Kier molecular flexibility index (Phi) is 4.85. The van der Waals surface area contributed by atoms with E-state index < -0.39 is 0 Å². The maximum absolute atomic E-state index is 12.5. The SMILES string of the molecule is CN(C)c1ccc(N(C)c2ccc(C(=O)c3ccccc3)cc2)cc1. The summed E-state index contributed by atoms with van der Waals surface area (Å²) in [4.78, 5) is 16.7. The van der Waals surface area contributed by atoms with Crippen molar-refractivity contribution in [3.63, 3.8) is 0 Å². The first-order valence-corrected chi connectivity index (χ1v) is 8.27. The zero-order valence-electron chi connectivity index (χ0n) is 14.8. The Morgan fingerprint density at radius 2 is 1.04 bits per heavy atom. The Labute approximate surface area is 149 Å². The van der Waals surface area contributed by atoms with E-state index >= 15 is 0 Å². The molecule has 0 atom stereocenters. The van der Waals surface area contributed by atoms with E-state index in [0.29, 0.717) is 11.1 Å². The van der Waals surface area contributed by atoms with Crippen LogP contribution in [0.4, 0.5) is 17.1 Å². The second-order valence-corrected chi connectivity index (χ2v) is 6.21. The number of anilines is 3. The molecule has 0 radical (unpaired) electrons. The highest BCUT2D eigenvalue weighted by atomic mass is 16.1. The molecule has 0 aromatic heterocycles. The van der Waals surface area contributed by atoms with Crippen molar-refractivity contribution in [3.8, 4) is 0 Å². The molecule has 3 aromatic carbocycles. The summed E-state index contributed by atoms with van der Waals surface area (Å²) in [5.41, 5.74) is 4.73. The van der Waals surface area contributed by atoms with Gasteiger partial charge in [0.2, 0.25) is 0 Å². The Hall–Kier alpha value is -3.07. The molecule has 0 aliphatic carbocycles. The van der Waals surface area contributed by atoms with Crippen LogP contribution in [0, 0.1) is 0 Å². The molecule has 126 valence electrons. The Bertz CT molecular complexity index is 837. The summed E-state index contributed by atoms with van der Waals surface area (Å²) >= 11 is 0. The van der Waals surface area contributed by atoms with Crippen LogP contribution < -0.4 is 9.80 Å². The van der Waals surface area contributed by atoms with Crippen molar-refractivity contribution in [2.45, 2.75) is 0 Å². The van der Waals surface area contributed by atoms with E-state index in [9.17, 15) is 4.79 Å². The molecule has 0 unspecified atom stereocenters. The number of benzene rings is 3. The standard InChI is InChI=1S/C22H22N2O/c1-23(2)19-13-15-21(16-14-19)24(3)20-11-9-18(10-12-20)22(25)17-7-5-4-6-8-17/h4-16H,1-3H3. The molecule has 0 saturated carbocycles. The van der Waals surface area contributed by atoms with Gasteiger partial charge in [0.1, 0.15) is 0 Å². The van der Waals surface area contributed by atoms with Gasteiger partial charge in [0.05, 0.1) is 0 Å². The zero-order chi connectivity index (χ0) is 17.8. The van der Waals surface area contributed by atoms with E-state index in [1.807, 2.05) is 75.7 Å². The first-order valence-electron chi connectivity index (χ1n) is 8.27. The highest BCUT2D eigenvalue weighted by Gasteiger charge is 2.10. The van der Waals surface area contributed by atoms with E-state index in [-0.39, 0.29) is 5.78 Å². The second-order valence-electron chi connectivity index (χ2n) is 6.21. The second kappa shape index (κ2) is 7.22. The van der Waals surface area contributed by atoms with Crippen LogP contribution in [-0.4, -0.2) is 26.9 Å². The summed E-state index contributed by atoms with van der Waals surface area (Å²) in [6.07, 6.45) is 0. The van der Waals surface area contributed by atoms with Crippen LogP contribution in [0.2, 0.25) is 0 Å². The van der Waals surface area contributed by atoms with Gasteiger partial charge in [0.15, 0.2) is 5.78 Å². The van der Waals surface area contributed by atoms with Gasteiger partial charge in [-0.3, -0.25) is 4.79 Å². The minimum atomic E-state index is 0.0464. The van der Waals surface area contributed by atoms with Crippen molar-refractivity contribution in [1.29, 1.82) is 0 Å². The van der Waals surface area contributed by atoms with Crippen LogP contribution in [0.5, 0.6) is 0 Å². The summed E-state index contributed by atoms with van der Waals surface area (Å²) in [6, 6.07) is 25.5. The molecule has 0 aliphatic heterocycles. The predicted molar refractivity (Wildman–Crippen MR) is 105 cm³/mol. The van der Waals surface area contributed by atoms with Gasteiger partial charge in [-0.05, 0) is 48.5 Å². The number of hydrogen-bond acceptors (Lipinski definition) is 3. The molecule has 3 aromatic rings. The fraction of sp³-hybridized carbons (Fsp3) is 0.136. The van der Waals surface area contributed by atoms with Gasteiger partial charge >= 0.3 is 0 Å². The third kappa shape index (κ3) is 3.72. The minimum absolute atomic E-state index is 0.0464. The number of nitrogens with zero attached hydrogens (tertiary/aromatic N) is 2. The van der Waals surface area contributed by atoms with E-state index in [1.54, 1.807) is 0 Å². The van der Waals surface area contributed by atoms with Crippen LogP contribution in [-0.2, 0) is 0 Å². The molecular formula is C22H22N2O. The molecule has 0 heterocycles. The molecule has 0 bridgehead atoms.